The fraction of sp³-hybridized carbons (Fsp3) is 0.273. The van der Waals surface area contributed by atoms with E-state index in [4.69, 9.17) is 11.5 Å². The van der Waals surface area contributed by atoms with Gasteiger partial charge in [0.15, 0.2) is 0 Å². The Kier molecular flexibility index (Phi) is 5.64. The van der Waals surface area contributed by atoms with E-state index in [0.29, 0.717) is 5.56 Å². The summed E-state index contributed by atoms with van der Waals surface area (Å²) in [5, 5.41) is 2.38. The van der Waals surface area contributed by atoms with Gasteiger partial charge >= 0.3 is 0 Å². The molecule has 0 spiro atoms. The van der Waals surface area contributed by atoms with E-state index in [1.54, 1.807) is 31.2 Å². The maximum atomic E-state index is 11.7. The molecule has 0 aliphatic carbocycles. The van der Waals surface area contributed by atoms with E-state index in [9.17, 15) is 9.59 Å². The van der Waals surface area contributed by atoms with E-state index in [2.05, 4.69) is 5.32 Å². The molecule has 1 unspecified atom stereocenters. The molecule has 5 nitrogen and oxygen atoms in total. The van der Waals surface area contributed by atoms with Gasteiger partial charge in [0.05, 0.1) is 6.54 Å². The molecule has 0 aliphatic rings. The number of benzene rings is 1. The minimum Gasteiger partial charge on any atom is -0.368 e. The van der Waals surface area contributed by atoms with Crippen LogP contribution in [0.1, 0.15) is 12.5 Å². The van der Waals surface area contributed by atoms with Crippen molar-refractivity contribution in [2.24, 2.45) is 11.5 Å². The Morgan fingerprint density at radius 1 is 1.29 bits per heavy atom. The van der Waals surface area contributed by atoms with Crippen molar-refractivity contribution >= 4 is 24.2 Å². The molecule has 17 heavy (non-hydrogen) atoms. The molecule has 1 rings (SSSR count). The first-order valence-corrected chi connectivity index (χ1v) is 4.85. The van der Waals surface area contributed by atoms with Crippen LogP contribution in [0.4, 0.5) is 0 Å². The molecule has 94 valence electrons. The molecule has 0 saturated carbocycles. The maximum Gasteiger partial charge on any atom is 0.244 e. The van der Waals surface area contributed by atoms with Crippen LogP contribution >= 0.6 is 12.4 Å². The summed E-state index contributed by atoms with van der Waals surface area (Å²) in [6.45, 7) is 1.37. The number of rotatable bonds is 4. The van der Waals surface area contributed by atoms with E-state index in [1.165, 1.54) is 0 Å². The topological polar surface area (TPSA) is 98.2 Å². The van der Waals surface area contributed by atoms with Crippen molar-refractivity contribution in [1.82, 2.24) is 5.32 Å². The molecule has 0 aromatic heterocycles. The smallest absolute Gasteiger partial charge is 0.244 e. The van der Waals surface area contributed by atoms with Gasteiger partial charge < -0.3 is 16.8 Å². The van der Waals surface area contributed by atoms with Crippen LogP contribution in [-0.2, 0) is 15.1 Å². The van der Waals surface area contributed by atoms with Gasteiger partial charge in [0.2, 0.25) is 11.8 Å². The minimum atomic E-state index is -1.17. The molecule has 6 heteroatoms. The highest BCUT2D eigenvalue weighted by Crippen LogP contribution is 2.16. The second kappa shape index (κ2) is 6.22. The molecule has 2 amide bonds. The van der Waals surface area contributed by atoms with Crippen LogP contribution in [-0.4, -0.2) is 18.4 Å². The second-order valence-electron chi connectivity index (χ2n) is 3.72. The van der Waals surface area contributed by atoms with Crippen molar-refractivity contribution in [3.05, 3.63) is 35.9 Å². The number of nitrogens with one attached hydrogen (secondary N) is 1. The lowest BCUT2D eigenvalue weighted by Crippen LogP contribution is -2.50. The molecule has 0 saturated heterocycles. The third-order valence-electron chi connectivity index (χ3n) is 2.27. The number of carbonyl (C=O) groups is 2. The summed E-state index contributed by atoms with van der Waals surface area (Å²) in [6, 6.07) is 8.93. The SMILES string of the molecule is CC(N)(C(=O)NCC(N)=O)c1ccccc1.Cl. The normalized spacial score (nSPS) is 13.1. The first-order valence-electron chi connectivity index (χ1n) is 4.85. The van der Waals surface area contributed by atoms with Crippen LogP contribution in [0, 0.1) is 0 Å². The van der Waals surface area contributed by atoms with Crippen molar-refractivity contribution in [2.45, 2.75) is 12.5 Å². The van der Waals surface area contributed by atoms with E-state index >= 15 is 0 Å². The predicted molar refractivity (Wildman–Crippen MR) is 67.4 cm³/mol. The Balaban J connectivity index is 0.00000256. The summed E-state index contributed by atoms with van der Waals surface area (Å²) in [4.78, 5) is 22.3. The van der Waals surface area contributed by atoms with E-state index in [1.807, 2.05) is 6.07 Å². The maximum absolute atomic E-state index is 11.7. The molecule has 1 aromatic carbocycles. The number of hydrogen-bond acceptors (Lipinski definition) is 3. The fourth-order valence-corrected chi connectivity index (χ4v) is 1.27. The first-order chi connectivity index (χ1) is 7.44. The van der Waals surface area contributed by atoms with Crippen molar-refractivity contribution in [2.75, 3.05) is 6.54 Å². The van der Waals surface area contributed by atoms with Crippen LogP contribution in [0.2, 0.25) is 0 Å². The lowest BCUT2D eigenvalue weighted by atomic mass is 9.92. The summed E-state index contributed by atoms with van der Waals surface area (Å²) in [5.74, 6) is -1.03. The number of nitrogens with two attached hydrogens (primary N) is 2. The Morgan fingerprint density at radius 2 is 1.82 bits per heavy atom. The van der Waals surface area contributed by atoms with Gasteiger partial charge in [-0.15, -0.1) is 12.4 Å². The third kappa shape index (κ3) is 4.05. The Hall–Kier alpha value is -1.59. The Bertz CT molecular complexity index is 393. The molecule has 5 N–H and O–H groups in total. The van der Waals surface area contributed by atoms with E-state index in [0.717, 1.165) is 0 Å². The quantitative estimate of drug-likeness (QED) is 0.702. The van der Waals surface area contributed by atoms with Crippen molar-refractivity contribution in [3.8, 4) is 0 Å². The predicted octanol–water partition coefficient (Wildman–Crippen LogP) is -0.116. The van der Waals surface area contributed by atoms with Crippen LogP contribution in [0.3, 0.4) is 0 Å². The fourth-order valence-electron chi connectivity index (χ4n) is 1.27. The minimum absolute atomic E-state index is 0. The second-order valence-corrected chi connectivity index (χ2v) is 3.72. The van der Waals surface area contributed by atoms with Gasteiger partial charge in [0.1, 0.15) is 5.54 Å². The number of halogens is 1. The Morgan fingerprint density at radius 3 is 2.29 bits per heavy atom. The zero-order chi connectivity index (χ0) is 12.2. The number of hydrogen-bond donors (Lipinski definition) is 3. The van der Waals surface area contributed by atoms with Gasteiger partial charge in [-0.05, 0) is 12.5 Å². The van der Waals surface area contributed by atoms with Crippen LogP contribution in [0.25, 0.3) is 0 Å². The van der Waals surface area contributed by atoms with Gasteiger partial charge in [-0.3, -0.25) is 9.59 Å². The summed E-state index contributed by atoms with van der Waals surface area (Å²) >= 11 is 0. The van der Waals surface area contributed by atoms with Gasteiger partial charge in [0, 0.05) is 0 Å². The molecule has 0 fully saturated rings. The van der Waals surface area contributed by atoms with Gasteiger partial charge in [-0.25, -0.2) is 0 Å². The van der Waals surface area contributed by atoms with E-state index in [-0.39, 0.29) is 19.0 Å². The monoisotopic (exact) mass is 257 g/mol. The highest BCUT2D eigenvalue weighted by Gasteiger charge is 2.30. The van der Waals surface area contributed by atoms with Crippen molar-refractivity contribution in [3.63, 3.8) is 0 Å². The highest BCUT2D eigenvalue weighted by atomic mass is 35.5. The zero-order valence-electron chi connectivity index (χ0n) is 9.47. The molecule has 0 radical (unpaired) electrons. The Labute approximate surface area is 106 Å². The summed E-state index contributed by atoms with van der Waals surface area (Å²) in [6.07, 6.45) is 0. The van der Waals surface area contributed by atoms with Gasteiger partial charge in [0.25, 0.3) is 0 Å². The summed E-state index contributed by atoms with van der Waals surface area (Å²) in [7, 11) is 0. The molecular weight excluding hydrogens is 242 g/mol. The van der Waals surface area contributed by atoms with Crippen molar-refractivity contribution in [1.29, 1.82) is 0 Å². The summed E-state index contributed by atoms with van der Waals surface area (Å²) < 4.78 is 0. The molecule has 0 bridgehead atoms. The first kappa shape index (κ1) is 15.4. The molecule has 1 atom stereocenters. The number of carbonyl (C=O) groups excluding carboxylic acids is 2. The molecule has 0 aliphatic heterocycles. The molecular formula is C11H16ClN3O2. The van der Waals surface area contributed by atoms with Crippen LogP contribution in [0.15, 0.2) is 30.3 Å². The summed E-state index contributed by atoms with van der Waals surface area (Å²) in [5.41, 5.74) is 10.3. The lowest BCUT2D eigenvalue weighted by molar-refractivity contribution is -0.128. The van der Waals surface area contributed by atoms with Crippen molar-refractivity contribution < 1.29 is 9.59 Å². The molecule has 0 heterocycles. The number of amides is 2. The van der Waals surface area contributed by atoms with E-state index < -0.39 is 17.4 Å². The lowest BCUT2D eigenvalue weighted by Gasteiger charge is -2.23. The average molecular weight is 258 g/mol. The average Bonchev–Trinajstić information content (AvgIpc) is 2.27. The van der Waals surface area contributed by atoms with Gasteiger partial charge in [-0.2, -0.15) is 0 Å². The highest BCUT2D eigenvalue weighted by molar-refractivity contribution is 5.90. The molecule has 1 aromatic rings. The third-order valence-corrected chi connectivity index (χ3v) is 2.27. The number of primary amides is 1. The largest absolute Gasteiger partial charge is 0.368 e. The standard InChI is InChI=1S/C11H15N3O2.ClH/c1-11(13,8-5-3-2-4-6-8)10(16)14-7-9(12)15;/h2-6H,7,13H2,1H3,(H2,12,15)(H,14,16);1H. The van der Waals surface area contributed by atoms with Gasteiger partial charge in [-0.1, -0.05) is 30.3 Å². The zero-order valence-corrected chi connectivity index (χ0v) is 10.3. The van der Waals surface area contributed by atoms with Crippen LogP contribution < -0.4 is 16.8 Å². The van der Waals surface area contributed by atoms with Crippen LogP contribution in [0.5, 0.6) is 0 Å².